The molecule has 0 amide bonds. The number of allylic oxidation sites excluding steroid dienone is 1. The fourth-order valence-electron chi connectivity index (χ4n) is 2.58. The van der Waals surface area contributed by atoms with E-state index in [-0.39, 0.29) is 22.5 Å². The highest BCUT2D eigenvalue weighted by Crippen LogP contribution is 2.31. The Morgan fingerprint density at radius 2 is 1.87 bits per heavy atom. The van der Waals surface area contributed by atoms with E-state index in [4.69, 9.17) is 0 Å². The summed E-state index contributed by atoms with van der Waals surface area (Å²) in [5.74, 6) is -3.87. The Bertz CT molecular complexity index is 987. The van der Waals surface area contributed by atoms with Crippen LogP contribution in [0.4, 0.5) is 27.6 Å². The van der Waals surface area contributed by atoms with Gasteiger partial charge < -0.3 is 14.7 Å². The third-order valence-electron chi connectivity index (χ3n) is 3.80. The molecular formula is C20H17F5N2O3. The normalized spacial score (nSPS) is 12.6. The molecule has 1 N–H and O–H groups in total. The summed E-state index contributed by atoms with van der Waals surface area (Å²) >= 11 is 0. The van der Waals surface area contributed by atoms with Gasteiger partial charge in [-0.25, -0.2) is 13.6 Å². The monoisotopic (exact) mass is 428 g/mol. The highest BCUT2D eigenvalue weighted by atomic mass is 19.4. The van der Waals surface area contributed by atoms with Crippen molar-refractivity contribution in [1.29, 1.82) is 0 Å². The molecule has 10 heteroatoms. The average molecular weight is 428 g/mol. The Labute approximate surface area is 168 Å². The van der Waals surface area contributed by atoms with Crippen LogP contribution in [0.2, 0.25) is 0 Å². The molecule has 0 spiro atoms. The van der Waals surface area contributed by atoms with Crippen LogP contribution in [0, 0.1) is 11.6 Å². The lowest BCUT2D eigenvalue weighted by Gasteiger charge is -2.24. The Kier molecular flexibility index (Phi) is 7.14. The molecule has 0 fully saturated rings. The van der Waals surface area contributed by atoms with Crippen molar-refractivity contribution in [3.63, 3.8) is 0 Å². The molecule has 30 heavy (non-hydrogen) atoms. The van der Waals surface area contributed by atoms with Gasteiger partial charge in [0.05, 0.1) is 23.7 Å². The minimum atomic E-state index is -5.05. The molecule has 1 aromatic carbocycles. The Morgan fingerprint density at radius 1 is 1.17 bits per heavy atom. The number of benzene rings is 1. The van der Waals surface area contributed by atoms with Crippen LogP contribution in [0.25, 0.3) is 5.70 Å². The van der Waals surface area contributed by atoms with Crippen LogP contribution in [0.15, 0.2) is 54.4 Å². The number of halogens is 5. The number of nitrogens with zero attached hydrogens (tertiary/aromatic N) is 2. The molecule has 0 aliphatic rings. The van der Waals surface area contributed by atoms with Gasteiger partial charge >= 0.3 is 12.3 Å². The number of alkyl halides is 3. The number of anilines is 1. The third-order valence-corrected chi connectivity index (χ3v) is 3.80. The van der Waals surface area contributed by atoms with Crippen LogP contribution in [0.3, 0.4) is 0 Å². The van der Waals surface area contributed by atoms with Gasteiger partial charge in [0.25, 0.3) is 0 Å². The first kappa shape index (κ1) is 22.9. The number of aromatic nitrogens is 1. The zero-order valence-electron chi connectivity index (χ0n) is 15.9. The van der Waals surface area contributed by atoms with Crippen molar-refractivity contribution in [3.05, 3.63) is 71.6 Å². The first-order valence-corrected chi connectivity index (χ1v) is 8.56. The number of hydrogen-bond donors (Lipinski definition) is 1. The standard InChI is InChI=1S/C20H17F5N2O3/c1-3-4-12(19(28)29)7-18(27(2)16-8-15(22)10-26-11-16)13-5-14(21)9-17(6-13)30-20(23,24)25/h4-11H,3H2,1-2H3,(H,28,29)/b12-4+,18-7-. The highest BCUT2D eigenvalue weighted by molar-refractivity contribution is 5.94. The first-order chi connectivity index (χ1) is 14.0. The van der Waals surface area contributed by atoms with Gasteiger partial charge in [0.1, 0.15) is 17.4 Å². The van der Waals surface area contributed by atoms with E-state index in [0.717, 1.165) is 30.5 Å². The summed E-state index contributed by atoms with van der Waals surface area (Å²) in [6.07, 6.45) is 0.00433. The lowest BCUT2D eigenvalue weighted by molar-refractivity contribution is -0.274. The Hall–Kier alpha value is -3.43. The SMILES string of the molecule is CC/C=C(\C=C(\c1cc(F)cc(OC(F)(F)F)c1)N(C)c1cncc(F)c1)C(=O)O. The fourth-order valence-corrected chi connectivity index (χ4v) is 2.58. The van der Waals surface area contributed by atoms with Crippen LogP contribution in [0.1, 0.15) is 18.9 Å². The molecule has 160 valence electrons. The van der Waals surface area contributed by atoms with Crippen molar-refractivity contribution in [3.8, 4) is 5.75 Å². The molecule has 0 atom stereocenters. The number of pyridine rings is 1. The van der Waals surface area contributed by atoms with Crippen LogP contribution in [-0.2, 0) is 4.79 Å². The molecule has 5 nitrogen and oxygen atoms in total. The number of rotatable bonds is 7. The predicted octanol–water partition coefficient (Wildman–Crippen LogP) is 5.16. The van der Waals surface area contributed by atoms with E-state index in [0.29, 0.717) is 12.5 Å². The van der Waals surface area contributed by atoms with E-state index in [1.165, 1.54) is 24.2 Å². The van der Waals surface area contributed by atoms with Gasteiger partial charge in [-0.1, -0.05) is 13.0 Å². The maximum Gasteiger partial charge on any atom is 0.573 e. The zero-order chi connectivity index (χ0) is 22.5. The van der Waals surface area contributed by atoms with Crippen molar-refractivity contribution >= 4 is 17.4 Å². The summed E-state index contributed by atoms with van der Waals surface area (Å²) in [7, 11) is 1.41. The molecule has 0 saturated heterocycles. The van der Waals surface area contributed by atoms with Crippen molar-refractivity contribution in [2.45, 2.75) is 19.7 Å². The van der Waals surface area contributed by atoms with E-state index in [9.17, 15) is 31.9 Å². The average Bonchev–Trinajstić information content (AvgIpc) is 2.62. The number of hydrogen-bond acceptors (Lipinski definition) is 4. The summed E-state index contributed by atoms with van der Waals surface area (Å²) in [4.78, 5) is 16.5. The summed E-state index contributed by atoms with van der Waals surface area (Å²) < 4.78 is 69.2. The van der Waals surface area contributed by atoms with Crippen LogP contribution in [-0.4, -0.2) is 29.5 Å². The lowest BCUT2D eigenvalue weighted by Crippen LogP contribution is -2.19. The minimum Gasteiger partial charge on any atom is -0.478 e. The van der Waals surface area contributed by atoms with Crippen LogP contribution < -0.4 is 9.64 Å². The summed E-state index contributed by atoms with van der Waals surface area (Å²) in [5.41, 5.74) is -0.170. The van der Waals surface area contributed by atoms with E-state index in [2.05, 4.69) is 9.72 Å². The maximum atomic E-state index is 14.0. The topological polar surface area (TPSA) is 62.7 Å². The van der Waals surface area contributed by atoms with Crippen LogP contribution >= 0.6 is 0 Å². The first-order valence-electron chi connectivity index (χ1n) is 8.56. The zero-order valence-corrected chi connectivity index (χ0v) is 15.9. The quantitative estimate of drug-likeness (QED) is 0.375. The second-order valence-corrected chi connectivity index (χ2v) is 6.05. The molecule has 0 radical (unpaired) electrons. The second-order valence-electron chi connectivity index (χ2n) is 6.05. The van der Waals surface area contributed by atoms with Gasteiger partial charge in [0.15, 0.2) is 0 Å². The van der Waals surface area contributed by atoms with E-state index < -0.39 is 29.7 Å². The Morgan fingerprint density at radius 3 is 2.43 bits per heavy atom. The number of aliphatic carboxylic acids is 1. The molecular weight excluding hydrogens is 411 g/mol. The number of carboxylic acids is 1. The van der Waals surface area contributed by atoms with Gasteiger partial charge in [-0.15, -0.1) is 13.2 Å². The Balaban J connectivity index is 2.67. The van der Waals surface area contributed by atoms with E-state index >= 15 is 0 Å². The number of carboxylic acid groups (broad SMARTS) is 1. The summed E-state index contributed by atoms with van der Waals surface area (Å²) in [6.45, 7) is 1.69. The maximum absolute atomic E-state index is 14.0. The van der Waals surface area contributed by atoms with Gasteiger partial charge in [0, 0.05) is 30.4 Å². The van der Waals surface area contributed by atoms with Crippen LogP contribution in [0.5, 0.6) is 5.75 Å². The second kappa shape index (κ2) is 9.38. The molecule has 0 aliphatic heterocycles. The highest BCUT2D eigenvalue weighted by Gasteiger charge is 2.31. The number of ether oxygens (including phenoxy) is 1. The van der Waals surface area contributed by atoms with E-state index in [1.54, 1.807) is 6.92 Å². The molecule has 1 aromatic heterocycles. The summed E-state index contributed by atoms with van der Waals surface area (Å²) in [5, 5.41) is 9.41. The molecule has 1 heterocycles. The molecule has 0 bridgehead atoms. The minimum absolute atomic E-state index is 0.0176. The smallest absolute Gasteiger partial charge is 0.478 e. The van der Waals surface area contributed by atoms with Crippen molar-refractivity contribution < 1.29 is 36.6 Å². The molecule has 2 aromatic rings. The molecule has 0 saturated carbocycles. The predicted molar refractivity (Wildman–Crippen MR) is 99.7 cm³/mol. The molecule has 0 unspecified atom stereocenters. The largest absolute Gasteiger partial charge is 0.573 e. The fraction of sp³-hybridized carbons (Fsp3) is 0.200. The van der Waals surface area contributed by atoms with Gasteiger partial charge in [-0.2, -0.15) is 0 Å². The number of carbonyl (C=O) groups is 1. The van der Waals surface area contributed by atoms with E-state index in [1.807, 2.05) is 0 Å². The van der Waals surface area contributed by atoms with Gasteiger partial charge in [-0.3, -0.25) is 4.98 Å². The van der Waals surface area contributed by atoms with Crippen molar-refractivity contribution in [2.24, 2.45) is 0 Å². The molecule has 2 rings (SSSR count). The third kappa shape index (κ3) is 6.29. The molecule has 0 aliphatic carbocycles. The van der Waals surface area contributed by atoms with Crippen molar-refractivity contribution in [1.82, 2.24) is 4.98 Å². The van der Waals surface area contributed by atoms with Gasteiger partial charge in [0.2, 0.25) is 0 Å². The van der Waals surface area contributed by atoms with Crippen molar-refractivity contribution in [2.75, 3.05) is 11.9 Å². The summed E-state index contributed by atoms with van der Waals surface area (Å²) in [6, 6.07) is 3.43. The lowest BCUT2D eigenvalue weighted by atomic mass is 10.1. The van der Waals surface area contributed by atoms with Gasteiger partial charge in [-0.05, 0) is 24.6 Å².